The maximum absolute atomic E-state index is 11.3. The molecule has 14 heavy (non-hydrogen) atoms. The van der Waals surface area contributed by atoms with Crippen molar-refractivity contribution in [1.82, 2.24) is 0 Å². The van der Waals surface area contributed by atoms with Crippen molar-refractivity contribution in [3.05, 3.63) is 29.8 Å². The Morgan fingerprint density at radius 3 is 2.79 bits per heavy atom. The van der Waals surface area contributed by atoms with Gasteiger partial charge in [0.2, 0.25) is 5.91 Å². The summed E-state index contributed by atoms with van der Waals surface area (Å²) in [7, 11) is 0. The summed E-state index contributed by atoms with van der Waals surface area (Å²) in [6.45, 7) is 3.70. The fraction of sp³-hybridized carbons (Fsp3) is 0.250. The van der Waals surface area contributed by atoms with Crippen LogP contribution < -0.4 is 5.32 Å². The van der Waals surface area contributed by atoms with Crippen LogP contribution in [0.1, 0.15) is 19.4 Å². The van der Waals surface area contributed by atoms with Crippen LogP contribution in [0.25, 0.3) is 0 Å². The zero-order valence-corrected chi connectivity index (χ0v) is 8.37. The van der Waals surface area contributed by atoms with Crippen molar-refractivity contribution in [3.8, 4) is 12.3 Å². The van der Waals surface area contributed by atoms with Crippen molar-refractivity contribution in [3.63, 3.8) is 0 Å². The molecule has 2 heteroatoms. The first-order valence-electron chi connectivity index (χ1n) is 4.51. The lowest BCUT2D eigenvalue weighted by atomic mass is 10.2. The van der Waals surface area contributed by atoms with Gasteiger partial charge >= 0.3 is 0 Å². The Balaban J connectivity index is 2.78. The summed E-state index contributed by atoms with van der Waals surface area (Å²) in [4.78, 5) is 11.3. The summed E-state index contributed by atoms with van der Waals surface area (Å²) in [5.74, 6) is 2.49. The third kappa shape index (κ3) is 2.63. The number of carbonyl (C=O) groups is 1. The van der Waals surface area contributed by atoms with Gasteiger partial charge in [0.15, 0.2) is 0 Å². The number of nitrogens with one attached hydrogen (secondary N) is 1. The van der Waals surface area contributed by atoms with Crippen molar-refractivity contribution < 1.29 is 4.79 Å². The molecule has 0 saturated heterocycles. The van der Waals surface area contributed by atoms with Crippen LogP contribution in [0.3, 0.4) is 0 Å². The van der Waals surface area contributed by atoms with Crippen molar-refractivity contribution in [2.75, 3.05) is 5.32 Å². The highest BCUT2D eigenvalue weighted by atomic mass is 16.1. The molecule has 0 fully saturated rings. The third-order valence-electron chi connectivity index (χ3n) is 1.82. The standard InChI is InChI=1S/C12H13NO/c1-4-10-6-5-7-11(8-10)13-12(14)9(2)3/h1,5-9H,2-3H3,(H,13,14). The van der Waals surface area contributed by atoms with Gasteiger partial charge in [-0.05, 0) is 18.2 Å². The molecule has 0 spiro atoms. The largest absolute Gasteiger partial charge is 0.326 e. The molecule has 1 aromatic rings. The van der Waals surface area contributed by atoms with Gasteiger partial charge < -0.3 is 5.32 Å². The fourth-order valence-corrected chi connectivity index (χ4v) is 0.973. The number of hydrogen-bond donors (Lipinski definition) is 1. The second-order valence-corrected chi connectivity index (χ2v) is 3.37. The molecule has 1 rings (SSSR count). The topological polar surface area (TPSA) is 29.1 Å². The zero-order valence-electron chi connectivity index (χ0n) is 8.37. The number of anilines is 1. The van der Waals surface area contributed by atoms with Gasteiger partial charge in [-0.2, -0.15) is 0 Å². The van der Waals surface area contributed by atoms with Crippen LogP contribution in [-0.2, 0) is 4.79 Å². The molecule has 2 nitrogen and oxygen atoms in total. The van der Waals surface area contributed by atoms with Crippen LogP contribution in [0.5, 0.6) is 0 Å². The Labute approximate surface area is 84.3 Å². The first-order valence-corrected chi connectivity index (χ1v) is 4.51. The lowest BCUT2D eigenvalue weighted by Gasteiger charge is -2.07. The highest BCUT2D eigenvalue weighted by Crippen LogP contribution is 2.10. The van der Waals surface area contributed by atoms with E-state index in [1.807, 2.05) is 32.0 Å². The Kier molecular flexibility index (Phi) is 3.30. The lowest BCUT2D eigenvalue weighted by Crippen LogP contribution is -2.17. The number of carbonyl (C=O) groups excluding carboxylic acids is 1. The summed E-state index contributed by atoms with van der Waals surface area (Å²) in [5, 5.41) is 2.78. The van der Waals surface area contributed by atoms with Gasteiger partial charge in [0.1, 0.15) is 0 Å². The van der Waals surface area contributed by atoms with Crippen LogP contribution >= 0.6 is 0 Å². The van der Waals surface area contributed by atoms with Crippen LogP contribution in [0.15, 0.2) is 24.3 Å². The number of hydrogen-bond acceptors (Lipinski definition) is 1. The van der Waals surface area contributed by atoms with E-state index in [-0.39, 0.29) is 11.8 Å². The number of terminal acetylenes is 1. The van der Waals surface area contributed by atoms with E-state index in [2.05, 4.69) is 11.2 Å². The average molecular weight is 187 g/mol. The summed E-state index contributed by atoms with van der Waals surface area (Å²) < 4.78 is 0. The van der Waals surface area contributed by atoms with E-state index in [1.165, 1.54) is 0 Å². The minimum absolute atomic E-state index is 0.000767. The second-order valence-electron chi connectivity index (χ2n) is 3.37. The molecule has 0 aliphatic carbocycles. The summed E-state index contributed by atoms with van der Waals surface area (Å²) in [5.41, 5.74) is 1.52. The predicted molar refractivity (Wildman–Crippen MR) is 57.8 cm³/mol. The van der Waals surface area contributed by atoms with E-state index in [4.69, 9.17) is 6.42 Å². The first-order chi connectivity index (χ1) is 6.63. The Hall–Kier alpha value is -1.75. The molecule has 0 bridgehead atoms. The summed E-state index contributed by atoms with van der Waals surface area (Å²) in [6, 6.07) is 7.25. The molecule has 0 aliphatic heterocycles. The molecule has 0 unspecified atom stereocenters. The van der Waals surface area contributed by atoms with E-state index in [1.54, 1.807) is 6.07 Å². The van der Waals surface area contributed by atoms with E-state index in [9.17, 15) is 4.79 Å². The molecule has 0 aliphatic rings. The van der Waals surface area contributed by atoms with Gasteiger partial charge in [-0.15, -0.1) is 6.42 Å². The maximum atomic E-state index is 11.3. The minimum Gasteiger partial charge on any atom is -0.326 e. The second kappa shape index (κ2) is 4.48. The average Bonchev–Trinajstić information content (AvgIpc) is 2.18. The highest BCUT2D eigenvalue weighted by molar-refractivity contribution is 5.92. The normalized spacial score (nSPS) is 9.57. The summed E-state index contributed by atoms with van der Waals surface area (Å²) >= 11 is 0. The SMILES string of the molecule is C#Cc1cccc(NC(=O)C(C)C)c1. The molecule has 72 valence electrons. The molecule has 1 N–H and O–H groups in total. The Morgan fingerprint density at radius 2 is 2.21 bits per heavy atom. The maximum Gasteiger partial charge on any atom is 0.226 e. The molecule has 0 atom stereocenters. The van der Waals surface area contributed by atoms with Gasteiger partial charge in [-0.3, -0.25) is 4.79 Å². The molecule has 0 heterocycles. The van der Waals surface area contributed by atoms with Gasteiger partial charge in [-0.1, -0.05) is 25.8 Å². The predicted octanol–water partition coefficient (Wildman–Crippen LogP) is 2.26. The third-order valence-corrected chi connectivity index (χ3v) is 1.82. The van der Waals surface area contributed by atoms with E-state index < -0.39 is 0 Å². The van der Waals surface area contributed by atoms with Crippen LogP contribution in [0.4, 0.5) is 5.69 Å². The van der Waals surface area contributed by atoms with Gasteiger partial charge in [0, 0.05) is 17.2 Å². The van der Waals surface area contributed by atoms with Crippen molar-refractivity contribution in [2.45, 2.75) is 13.8 Å². The van der Waals surface area contributed by atoms with Crippen LogP contribution in [-0.4, -0.2) is 5.91 Å². The van der Waals surface area contributed by atoms with Gasteiger partial charge in [0.25, 0.3) is 0 Å². The van der Waals surface area contributed by atoms with E-state index in [0.29, 0.717) is 0 Å². The van der Waals surface area contributed by atoms with Crippen LogP contribution in [0, 0.1) is 18.3 Å². The van der Waals surface area contributed by atoms with Crippen molar-refractivity contribution >= 4 is 11.6 Å². The minimum atomic E-state index is -0.0236. The van der Waals surface area contributed by atoms with Gasteiger partial charge in [-0.25, -0.2) is 0 Å². The zero-order chi connectivity index (χ0) is 10.6. The molecule has 1 aromatic carbocycles. The molecule has 0 aromatic heterocycles. The Bertz CT molecular complexity index is 374. The highest BCUT2D eigenvalue weighted by Gasteiger charge is 2.06. The molecule has 0 saturated carbocycles. The Morgan fingerprint density at radius 1 is 1.50 bits per heavy atom. The monoisotopic (exact) mass is 187 g/mol. The molecular weight excluding hydrogens is 174 g/mol. The van der Waals surface area contributed by atoms with E-state index in [0.717, 1.165) is 11.3 Å². The quantitative estimate of drug-likeness (QED) is 0.707. The van der Waals surface area contributed by atoms with Crippen LogP contribution in [0.2, 0.25) is 0 Å². The number of amides is 1. The smallest absolute Gasteiger partial charge is 0.226 e. The van der Waals surface area contributed by atoms with E-state index >= 15 is 0 Å². The van der Waals surface area contributed by atoms with Gasteiger partial charge in [0.05, 0.1) is 0 Å². The fourth-order valence-electron chi connectivity index (χ4n) is 0.973. The first kappa shape index (κ1) is 10.3. The summed E-state index contributed by atoms with van der Waals surface area (Å²) in [6.07, 6.45) is 5.25. The number of rotatable bonds is 2. The number of benzene rings is 1. The van der Waals surface area contributed by atoms with Crippen molar-refractivity contribution in [2.24, 2.45) is 5.92 Å². The molecule has 1 amide bonds. The molecule has 0 radical (unpaired) electrons. The van der Waals surface area contributed by atoms with Crippen molar-refractivity contribution in [1.29, 1.82) is 0 Å². The molecular formula is C12H13NO. The lowest BCUT2D eigenvalue weighted by molar-refractivity contribution is -0.118.